The topological polar surface area (TPSA) is 42.0 Å². The quantitative estimate of drug-likeness (QED) is 0.783. The van der Waals surface area contributed by atoms with E-state index in [1.165, 1.54) is 25.7 Å². The fourth-order valence-corrected chi connectivity index (χ4v) is 4.52. The molecule has 142 valence electrons. The van der Waals surface area contributed by atoms with Gasteiger partial charge < -0.3 is 14.4 Å². The highest BCUT2D eigenvalue weighted by atomic mass is 35.5. The lowest BCUT2D eigenvalue weighted by Crippen LogP contribution is -2.36. The Morgan fingerprint density at radius 1 is 1.12 bits per heavy atom. The van der Waals surface area contributed by atoms with E-state index in [4.69, 9.17) is 21.1 Å². The van der Waals surface area contributed by atoms with E-state index in [0.29, 0.717) is 18.2 Å². The van der Waals surface area contributed by atoms with Gasteiger partial charge in [-0.2, -0.15) is 0 Å². The molecule has 0 radical (unpaired) electrons. The number of halogens is 1. The minimum Gasteiger partial charge on any atom is -0.454 e. The Kier molecular flexibility index (Phi) is 5.55. The van der Waals surface area contributed by atoms with E-state index in [-0.39, 0.29) is 6.79 Å². The molecule has 0 bridgehead atoms. The molecule has 6 heteroatoms. The highest BCUT2D eigenvalue weighted by molar-refractivity contribution is 6.31. The first kappa shape index (κ1) is 17.9. The van der Waals surface area contributed by atoms with E-state index in [0.717, 1.165) is 61.2 Å². The molecule has 3 heterocycles. The first-order valence-electron chi connectivity index (χ1n) is 9.77. The standard InChI is InChI=1S/C20H27ClN2O3/c21-17-11-19-18(25-14-26-19)10-16(17)13-22-7-3-4-15(12-22)5-6-20(24)23-8-1-2-9-23/h10-11,15H,1-9,12-14H2. The summed E-state index contributed by atoms with van der Waals surface area (Å²) < 4.78 is 10.9. The van der Waals surface area contributed by atoms with Crippen LogP contribution in [-0.4, -0.2) is 48.7 Å². The van der Waals surface area contributed by atoms with Crippen molar-refractivity contribution in [2.24, 2.45) is 5.92 Å². The van der Waals surface area contributed by atoms with Gasteiger partial charge in [0.05, 0.1) is 0 Å². The summed E-state index contributed by atoms with van der Waals surface area (Å²) in [5.41, 5.74) is 1.09. The average molecular weight is 379 g/mol. The monoisotopic (exact) mass is 378 g/mol. The minimum atomic E-state index is 0.270. The molecule has 26 heavy (non-hydrogen) atoms. The molecule has 3 aliphatic heterocycles. The van der Waals surface area contributed by atoms with Crippen molar-refractivity contribution in [2.75, 3.05) is 33.0 Å². The van der Waals surface area contributed by atoms with Crippen molar-refractivity contribution in [1.29, 1.82) is 0 Å². The lowest BCUT2D eigenvalue weighted by molar-refractivity contribution is -0.130. The van der Waals surface area contributed by atoms with Gasteiger partial charge in [0.1, 0.15) is 0 Å². The van der Waals surface area contributed by atoms with Crippen molar-refractivity contribution in [3.8, 4) is 11.5 Å². The lowest BCUT2D eigenvalue weighted by Gasteiger charge is -2.33. The van der Waals surface area contributed by atoms with Gasteiger partial charge in [-0.3, -0.25) is 9.69 Å². The molecule has 4 rings (SSSR count). The molecule has 0 spiro atoms. The van der Waals surface area contributed by atoms with Crippen LogP contribution in [0.5, 0.6) is 11.5 Å². The van der Waals surface area contributed by atoms with Crippen LogP contribution < -0.4 is 9.47 Å². The van der Waals surface area contributed by atoms with Crippen LogP contribution in [0.15, 0.2) is 12.1 Å². The fourth-order valence-electron chi connectivity index (χ4n) is 4.30. The number of hydrogen-bond donors (Lipinski definition) is 0. The normalized spacial score (nSPS) is 22.8. The summed E-state index contributed by atoms with van der Waals surface area (Å²) in [5, 5.41) is 0.737. The van der Waals surface area contributed by atoms with E-state index in [2.05, 4.69) is 4.90 Å². The number of fused-ring (bicyclic) bond motifs is 1. The third-order valence-electron chi connectivity index (χ3n) is 5.76. The number of ether oxygens (including phenoxy) is 2. The van der Waals surface area contributed by atoms with Gasteiger partial charge in [0.25, 0.3) is 0 Å². The van der Waals surface area contributed by atoms with Crippen molar-refractivity contribution in [3.63, 3.8) is 0 Å². The Morgan fingerprint density at radius 2 is 1.88 bits per heavy atom. The lowest BCUT2D eigenvalue weighted by atomic mass is 9.93. The van der Waals surface area contributed by atoms with Gasteiger partial charge in [0.2, 0.25) is 12.7 Å². The van der Waals surface area contributed by atoms with E-state index < -0.39 is 0 Å². The van der Waals surface area contributed by atoms with Crippen molar-refractivity contribution < 1.29 is 14.3 Å². The van der Waals surface area contributed by atoms with Gasteiger partial charge in [0, 0.05) is 43.7 Å². The largest absolute Gasteiger partial charge is 0.454 e. The zero-order valence-corrected chi connectivity index (χ0v) is 16.0. The summed E-state index contributed by atoms with van der Waals surface area (Å²) in [4.78, 5) is 16.8. The smallest absolute Gasteiger partial charge is 0.231 e. The van der Waals surface area contributed by atoms with Crippen molar-refractivity contribution >= 4 is 17.5 Å². The van der Waals surface area contributed by atoms with Crippen LogP contribution in [-0.2, 0) is 11.3 Å². The van der Waals surface area contributed by atoms with Crippen molar-refractivity contribution in [3.05, 3.63) is 22.7 Å². The zero-order valence-electron chi connectivity index (χ0n) is 15.2. The second-order valence-electron chi connectivity index (χ2n) is 7.67. The number of amides is 1. The summed E-state index contributed by atoms with van der Waals surface area (Å²) in [5.74, 6) is 2.46. The summed E-state index contributed by atoms with van der Waals surface area (Å²) in [6.45, 7) is 5.13. The maximum absolute atomic E-state index is 12.3. The first-order chi connectivity index (χ1) is 12.7. The Hall–Kier alpha value is -1.46. The molecule has 0 aliphatic carbocycles. The molecule has 2 fully saturated rings. The molecular formula is C20H27ClN2O3. The highest BCUT2D eigenvalue weighted by Gasteiger charge is 2.24. The molecule has 1 amide bonds. The number of carbonyl (C=O) groups is 1. The Labute approximate surface area is 160 Å². The van der Waals surface area contributed by atoms with Crippen LogP contribution in [0.2, 0.25) is 5.02 Å². The SMILES string of the molecule is O=C(CCC1CCCN(Cc2cc3c(cc2Cl)OCO3)C1)N1CCCC1. The number of rotatable bonds is 5. The van der Waals surface area contributed by atoms with Crippen LogP contribution in [0.25, 0.3) is 0 Å². The van der Waals surface area contributed by atoms with E-state index >= 15 is 0 Å². The molecule has 1 unspecified atom stereocenters. The van der Waals surface area contributed by atoms with Gasteiger partial charge >= 0.3 is 0 Å². The maximum Gasteiger partial charge on any atom is 0.231 e. The zero-order chi connectivity index (χ0) is 17.9. The predicted octanol–water partition coefficient (Wildman–Crippen LogP) is 3.68. The van der Waals surface area contributed by atoms with Crippen molar-refractivity contribution in [2.45, 2.75) is 45.1 Å². The van der Waals surface area contributed by atoms with Gasteiger partial charge in [-0.15, -0.1) is 0 Å². The number of piperidine rings is 1. The number of nitrogens with zero attached hydrogens (tertiary/aromatic N) is 2. The molecule has 0 saturated carbocycles. The third-order valence-corrected chi connectivity index (χ3v) is 6.12. The maximum atomic E-state index is 12.3. The summed E-state index contributed by atoms with van der Waals surface area (Å²) in [6, 6.07) is 3.86. The number of hydrogen-bond acceptors (Lipinski definition) is 4. The molecular weight excluding hydrogens is 352 g/mol. The number of carbonyl (C=O) groups excluding carboxylic acids is 1. The fraction of sp³-hybridized carbons (Fsp3) is 0.650. The van der Waals surface area contributed by atoms with Crippen LogP contribution in [0, 0.1) is 5.92 Å². The molecule has 5 nitrogen and oxygen atoms in total. The Bertz CT molecular complexity index is 661. The van der Waals surface area contributed by atoms with E-state index in [1.807, 2.05) is 17.0 Å². The number of likely N-dealkylation sites (tertiary alicyclic amines) is 2. The van der Waals surface area contributed by atoms with Gasteiger partial charge in [0.15, 0.2) is 11.5 Å². The minimum absolute atomic E-state index is 0.270. The molecule has 1 aromatic rings. The summed E-state index contributed by atoms with van der Waals surface area (Å²) in [6.07, 6.45) is 6.44. The molecule has 1 atom stereocenters. The second-order valence-corrected chi connectivity index (χ2v) is 8.07. The first-order valence-corrected chi connectivity index (χ1v) is 10.1. The average Bonchev–Trinajstić information content (AvgIpc) is 3.32. The molecule has 2 saturated heterocycles. The van der Waals surface area contributed by atoms with Gasteiger partial charge in [-0.1, -0.05) is 11.6 Å². The Balaban J connectivity index is 1.30. The third kappa shape index (κ3) is 4.09. The van der Waals surface area contributed by atoms with E-state index in [1.54, 1.807) is 0 Å². The van der Waals surface area contributed by atoms with Crippen LogP contribution >= 0.6 is 11.6 Å². The Morgan fingerprint density at radius 3 is 2.69 bits per heavy atom. The van der Waals surface area contributed by atoms with Gasteiger partial charge in [-0.25, -0.2) is 0 Å². The van der Waals surface area contributed by atoms with Crippen LogP contribution in [0.3, 0.4) is 0 Å². The van der Waals surface area contributed by atoms with Gasteiger partial charge in [-0.05, 0) is 56.2 Å². The molecule has 0 N–H and O–H groups in total. The van der Waals surface area contributed by atoms with Crippen LogP contribution in [0.4, 0.5) is 0 Å². The second kappa shape index (κ2) is 8.05. The van der Waals surface area contributed by atoms with Crippen LogP contribution in [0.1, 0.15) is 44.1 Å². The molecule has 0 aromatic heterocycles. The van der Waals surface area contributed by atoms with E-state index in [9.17, 15) is 4.79 Å². The summed E-state index contributed by atoms with van der Waals surface area (Å²) in [7, 11) is 0. The summed E-state index contributed by atoms with van der Waals surface area (Å²) >= 11 is 6.43. The van der Waals surface area contributed by atoms with Crippen molar-refractivity contribution in [1.82, 2.24) is 9.80 Å². The highest BCUT2D eigenvalue weighted by Crippen LogP contribution is 2.37. The molecule has 3 aliphatic rings. The molecule has 1 aromatic carbocycles. The number of benzene rings is 1. The predicted molar refractivity (Wildman–Crippen MR) is 101 cm³/mol.